The number of nitrogens with zero attached hydrogens (tertiary/aromatic N) is 2. The zero-order chi connectivity index (χ0) is 32.1. The molecule has 2 aromatic heterocycles. The van der Waals surface area contributed by atoms with Crippen molar-refractivity contribution in [3.8, 4) is 22.4 Å². The van der Waals surface area contributed by atoms with Crippen molar-refractivity contribution in [3.63, 3.8) is 0 Å². The van der Waals surface area contributed by atoms with Gasteiger partial charge in [0.15, 0.2) is 24.2 Å². The molecule has 5 rings (SSSR count). The normalized spacial score (nSPS) is 11.9. The third-order valence-electron chi connectivity index (χ3n) is 6.56. The number of hydrogen-bond donors (Lipinski definition) is 2. The van der Waals surface area contributed by atoms with Crippen molar-refractivity contribution < 1.29 is 41.6 Å². The van der Waals surface area contributed by atoms with Gasteiger partial charge in [0.2, 0.25) is 5.76 Å². The molecule has 5 aromatic rings. The molecule has 0 aliphatic heterocycles. The number of aryl methyl sites for hydroxylation is 1. The fourth-order valence-corrected chi connectivity index (χ4v) is 4.45. The van der Waals surface area contributed by atoms with Gasteiger partial charge < -0.3 is 23.2 Å². The van der Waals surface area contributed by atoms with E-state index in [1.165, 1.54) is 54.4 Å². The molecule has 0 fully saturated rings. The summed E-state index contributed by atoms with van der Waals surface area (Å²) in [7, 11) is 0. The first kappa shape index (κ1) is 31.3. The maximum atomic E-state index is 14.4. The first-order chi connectivity index (χ1) is 21.6. The molecule has 3 aromatic carbocycles. The van der Waals surface area contributed by atoms with Crippen LogP contribution in [-0.4, -0.2) is 39.8 Å². The van der Waals surface area contributed by atoms with Crippen LogP contribution in [0.2, 0.25) is 5.02 Å². The van der Waals surface area contributed by atoms with Gasteiger partial charge in [0.1, 0.15) is 17.3 Å². The van der Waals surface area contributed by atoms with Crippen LogP contribution in [0.25, 0.3) is 22.4 Å². The first-order valence-corrected chi connectivity index (χ1v) is 13.7. The van der Waals surface area contributed by atoms with Crippen molar-refractivity contribution in [1.82, 2.24) is 15.6 Å². The number of ether oxygens (including phenoxy) is 1. The number of aliphatic hydroxyl groups excluding tert-OH is 1. The number of halogens is 3. The van der Waals surface area contributed by atoms with Crippen molar-refractivity contribution in [2.45, 2.75) is 26.2 Å². The van der Waals surface area contributed by atoms with Crippen LogP contribution in [0.15, 0.2) is 90.9 Å². The Morgan fingerprint density at radius 1 is 1.02 bits per heavy atom. The molecule has 0 unspecified atom stereocenters. The Bertz CT molecular complexity index is 1890. The molecular formula is C31H24ClF2N3O8. The standard InChI is InChI=1S/C31H24ClF2N3O8/c1-17-28(44-31(41)43-17)16-42-30(40)26(38)15-37(14-18-6-8-19(9-7-18)22-12-20(32)10-11-24(22)34)35-29(39)27-13-25(36-45-27)21-4-2-3-5-23(21)33/h2-13,26,38H,14-16H2,1H3,(H,35,39)/t26-/m1/s1. The molecule has 1 amide bonds. The highest BCUT2D eigenvalue weighted by Gasteiger charge is 2.25. The third-order valence-corrected chi connectivity index (χ3v) is 6.79. The highest BCUT2D eigenvalue weighted by Crippen LogP contribution is 2.27. The van der Waals surface area contributed by atoms with Crippen LogP contribution in [-0.2, 0) is 22.7 Å². The fraction of sp³-hybridized carbons (Fsp3) is 0.161. The van der Waals surface area contributed by atoms with Gasteiger partial charge in [0, 0.05) is 28.8 Å². The number of amides is 1. The van der Waals surface area contributed by atoms with Crippen LogP contribution in [0, 0.1) is 18.6 Å². The quantitative estimate of drug-likeness (QED) is 0.149. The Labute approximate surface area is 258 Å². The summed E-state index contributed by atoms with van der Waals surface area (Å²) < 4.78 is 48.3. The number of rotatable bonds is 11. The zero-order valence-electron chi connectivity index (χ0n) is 23.5. The molecule has 2 N–H and O–H groups in total. The van der Waals surface area contributed by atoms with Crippen LogP contribution < -0.4 is 11.2 Å². The first-order valence-electron chi connectivity index (χ1n) is 13.3. The number of carbonyl (C=O) groups excluding carboxylic acids is 2. The van der Waals surface area contributed by atoms with Crippen molar-refractivity contribution in [1.29, 1.82) is 0 Å². The molecule has 11 nitrogen and oxygen atoms in total. The summed E-state index contributed by atoms with van der Waals surface area (Å²) in [4.78, 5) is 36.9. The van der Waals surface area contributed by atoms with Gasteiger partial charge in [-0.05, 0) is 48.4 Å². The van der Waals surface area contributed by atoms with Gasteiger partial charge in [0.25, 0.3) is 0 Å². The van der Waals surface area contributed by atoms with Crippen LogP contribution in [0.1, 0.15) is 27.6 Å². The smallest absolute Gasteiger partial charge is 0.455 e. The number of nitrogens with one attached hydrogen (secondary N) is 1. The summed E-state index contributed by atoms with van der Waals surface area (Å²) in [6, 6.07) is 17.8. The Morgan fingerprint density at radius 2 is 1.76 bits per heavy atom. The number of hydrogen-bond acceptors (Lipinski definition) is 10. The molecule has 45 heavy (non-hydrogen) atoms. The topological polar surface area (TPSA) is 148 Å². The van der Waals surface area contributed by atoms with Crippen LogP contribution >= 0.6 is 11.6 Å². The second-order valence-electron chi connectivity index (χ2n) is 9.76. The van der Waals surface area contributed by atoms with E-state index in [1.807, 2.05) is 0 Å². The van der Waals surface area contributed by atoms with Gasteiger partial charge in [0.05, 0.1) is 6.54 Å². The van der Waals surface area contributed by atoms with Crippen molar-refractivity contribution >= 4 is 23.5 Å². The summed E-state index contributed by atoms with van der Waals surface area (Å²) in [5.74, 6) is -4.07. The molecule has 0 bridgehead atoms. The van der Waals surface area contributed by atoms with Crippen LogP contribution in [0.4, 0.5) is 8.78 Å². The van der Waals surface area contributed by atoms with E-state index in [-0.39, 0.29) is 40.6 Å². The molecule has 1 atom stereocenters. The van der Waals surface area contributed by atoms with E-state index in [0.29, 0.717) is 16.1 Å². The molecule has 2 heterocycles. The Morgan fingerprint density at radius 3 is 2.47 bits per heavy atom. The van der Waals surface area contributed by atoms with Gasteiger partial charge in [-0.2, -0.15) is 0 Å². The average Bonchev–Trinajstić information content (AvgIpc) is 3.63. The molecule has 0 saturated carbocycles. The predicted molar refractivity (Wildman–Crippen MR) is 154 cm³/mol. The SMILES string of the molecule is Cc1oc(=O)oc1COC(=O)[C@H](O)CN(Cc1ccc(-c2cc(Cl)ccc2F)cc1)NC(=O)c1cc(-c2ccccc2F)no1. The van der Waals surface area contributed by atoms with E-state index in [1.54, 1.807) is 30.3 Å². The monoisotopic (exact) mass is 639 g/mol. The minimum absolute atomic E-state index is 0.0297. The van der Waals surface area contributed by atoms with E-state index in [2.05, 4.69) is 10.6 Å². The molecule has 0 aliphatic carbocycles. The summed E-state index contributed by atoms with van der Waals surface area (Å²) >= 11 is 6.02. The predicted octanol–water partition coefficient (Wildman–Crippen LogP) is 5.05. The zero-order valence-corrected chi connectivity index (χ0v) is 24.2. The Hall–Kier alpha value is -5.11. The van der Waals surface area contributed by atoms with E-state index >= 15 is 0 Å². The number of aromatic nitrogens is 1. The summed E-state index contributed by atoms with van der Waals surface area (Å²) in [6.45, 7) is 0.462. The molecule has 0 aliphatic rings. The van der Waals surface area contributed by atoms with Gasteiger partial charge in [-0.3, -0.25) is 10.2 Å². The van der Waals surface area contributed by atoms with Crippen LogP contribution in [0.3, 0.4) is 0 Å². The van der Waals surface area contributed by atoms with E-state index in [9.17, 15) is 28.3 Å². The van der Waals surface area contributed by atoms with Gasteiger partial charge in [-0.15, -0.1) is 0 Å². The lowest BCUT2D eigenvalue weighted by Crippen LogP contribution is -2.47. The lowest BCUT2D eigenvalue weighted by molar-refractivity contribution is -0.157. The van der Waals surface area contributed by atoms with Gasteiger partial charge in [-0.1, -0.05) is 53.2 Å². The molecule has 0 spiro atoms. The van der Waals surface area contributed by atoms with Crippen molar-refractivity contribution in [2.24, 2.45) is 0 Å². The number of esters is 1. The lowest BCUT2D eigenvalue weighted by atomic mass is 10.0. The Kier molecular flexibility index (Phi) is 9.52. The Balaban J connectivity index is 1.32. The summed E-state index contributed by atoms with van der Waals surface area (Å²) in [5, 5.41) is 16.0. The second-order valence-corrected chi connectivity index (χ2v) is 10.2. The molecule has 14 heteroatoms. The van der Waals surface area contributed by atoms with Crippen molar-refractivity contribution in [3.05, 3.63) is 123 Å². The van der Waals surface area contributed by atoms with Gasteiger partial charge in [-0.25, -0.2) is 23.4 Å². The fourth-order valence-electron chi connectivity index (χ4n) is 4.28. The molecule has 232 valence electrons. The number of hydrazine groups is 1. The maximum Gasteiger partial charge on any atom is 0.519 e. The number of carbonyl (C=O) groups is 2. The largest absolute Gasteiger partial charge is 0.519 e. The van der Waals surface area contributed by atoms with Gasteiger partial charge >= 0.3 is 17.7 Å². The second kappa shape index (κ2) is 13.7. The summed E-state index contributed by atoms with van der Waals surface area (Å²) in [6.07, 6.45) is -1.77. The van der Waals surface area contributed by atoms with Crippen molar-refractivity contribution in [2.75, 3.05) is 6.54 Å². The highest BCUT2D eigenvalue weighted by atomic mass is 35.5. The molecule has 0 radical (unpaired) electrons. The third kappa shape index (κ3) is 7.70. The van der Waals surface area contributed by atoms with E-state index in [4.69, 9.17) is 29.7 Å². The molecular weight excluding hydrogens is 616 g/mol. The summed E-state index contributed by atoms with van der Waals surface area (Å²) in [5.41, 5.74) is 4.18. The molecule has 0 saturated heterocycles. The minimum atomic E-state index is -1.77. The average molecular weight is 640 g/mol. The minimum Gasteiger partial charge on any atom is -0.455 e. The lowest BCUT2D eigenvalue weighted by Gasteiger charge is -2.24. The highest BCUT2D eigenvalue weighted by molar-refractivity contribution is 6.30. The van der Waals surface area contributed by atoms with E-state index in [0.717, 1.165) is 0 Å². The number of benzene rings is 3. The van der Waals surface area contributed by atoms with Crippen LogP contribution in [0.5, 0.6) is 0 Å². The van der Waals surface area contributed by atoms with E-state index < -0.39 is 48.6 Å². The number of aliphatic hydroxyl groups is 1. The maximum absolute atomic E-state index is 14.4.